The summed E-state index contributed by atoms with van der Waals surface area (Å²) in [5.74, 6) is -2.06. The topological polar surface area (TPSA) is 128 Å². The van der Waals surface area contributed by atoms with Gasteiger partial charge in [-0.05, 0) is 138 Å². The van der Waals surface area contributed by atoms with E-state index in [0.29, 0.717) is 40.5 Å². The Morgan fingerprint density at radius 3 is 2.26 bits per heavy atom. The number of nitrogens with zero attached hydrogens (tertiary/aromatic N) is 5. The maximum atomic E-state index is 14.4. The molecule has 3 aromatic carbocycles. The molecular formula is C47H55Cl2F6N7O4S3. The van der Waals surface area contributed by atoms with Crippen molar-refractivity contribution in [3.8, 4) is 0 Å². The third kappa shape index (κ3) is 13.1. The van der Waals surface area contributed by atoms with E-state index in [0.717, 1.165) is 69.4 Å². The molecule has 3 heterocycles. The molecule has 2 N–H and O–H groups in total. The van der Waals surface area contributed by atoms with E-state index in [1.807, 2.05) is 21.9 Å². The van der Waals surface area contributed by atoms with E-state index < -0.39 is 64.7 Å². The fourth-order valence-corrected chi connectivity index (χ4v) is 12.6. The Morgan fingerprint density at radius 2 is 1.61 bits per heavy atom. The summed E-state index contributed by atoms with van der Waals surface area (Å²) >= 11 is 13.8. The monoisotopic (exact) mass is 1060 g/mol. The van der Waals surface area contributed by atoms with Crippen molar-refractivity contribution in [2.24, 2.45) is 5.41 Å². The van der Waals surface area contributed by atoms with Crippen LogP contribution in [0.15, 0.2) is 87.0 Å². The van der Waals surface area contributed by atoms with Crippen LogP contribution in [0.25, 0.3) is 5.57 Å². The van der Waals surface area contributed by atoms with Gasteiger partial charge in [0.25, 0.3) is 19.9 Å². The third-order valence-corrected chi connectivity index (χ3v) is 17.7. The molecule has 11 nitrogen and oxygen atoms in total. The molecule has 0 spiro atoms. The van der Waals surface area contributed by atoms with Gasteiger partial charge in [0.05, 0.1) is 21.3 Å². The highest BCUT2D eigenvalue weighted by Crippen LogP contribution is 2.44. The molecule has 1 atom stereocenters. The van der Waals surface area contributed by atoms with Gasteiger partial charge in [0.15, 0.2) is 0 Å². The average molecular weight is 1060 g/mol. The predicted molar refractivity (Wildman–Crippen MR) is 260 cm³/mol. The Bertz CT molecular complexity index is 2750. The molecule has 4 aromatic rings. The average Bonchev–Trinajstić information content (AvgIpc) is 3.27. The minimum Gasteiger partial charge on any atom is -0.380 e. The highest BCUT2D eigenvalue weighted by atomic mass is 35.5. The molecule has 0 unspecified atom stereocenters. The molecule has 0 bridgehead atoms. The first-order valence-corrected chi connectivity index (χ1v) is 27.2. The highest BCUT2D eigenvalue weighted by Gasteiger charge is 2.49. The fourth-order valence-electron chi connectivity index (χ4n) is 9.06. The molecule has 22 heteroatoms. The summed E-state index contributed by atoms with van der Waals surface area (Å²) in [7, 11) is -7.67. The molecule has 7 rings (SSSR count). The summed E-state index contributed by atoms with van der Waals surface area (Å²) in [5, 5.41) is 4.00. The van der Waals surface area contributed by atoms with Gasteiger partial charge in [-0.1, -0.05) is 66.9 Å². The van der Waals surface area contributed by atoms with Crippen LogP contribution in [0.2, 0.25) is 10.0 Å². The lowest BCUT2D eigenvalue weighted by molar-refractivity contribution is -0.145. The Balaban J connectivity index is 1.11. The van der Waals surface area contributed by atoms with Crippen LogP contribution in [0.3, 0.4) is 0 Å². The lowest BCUT2D eigenvalue weighted by Crippen LogP contribution is -2.47. The van der Waals surface area contributed by atoms with Gasteiger partial charge in [-0.15, -0.1) is 11.8 Å². The normalized spacial score (nSPS) is 18.3. The molecular weight excluding hydrogens is 1010 g/mol. The molecule has 1 saturated heterocycles. The molecule has 2 aliphatic heterocycles. The van der Waals surface area contributed by atoms with Crippen LogP contribution in [-0.4, -0.2) is 112 Å². The van der Waals surface area contributed by atoms with Crippen molar-refractivity contribution < 1.29 is 43.2 Å². The highest BCUT2D eigenvalue weighted by molar-refractivity contribution is 7.99. The second kappa shape index (κ2) is 21.2. The first-order chi connectivity index (χ1) is 32.3. The number of thioether (sulfide) groups is 1. The van der Waals surface area contributed by atoms with Crippen LogP contribution >= 0.6 is 35.0 Å². The molecule has 1 aliphatic carbocycles. The van der Waals surface area contributed by atoms with Gasteiger partial charge < -0.3 is 10.2 Å². The van der Waals surface area contributed by atoms with Crippen LogP contribution in [0.4, 0.5) is 37.8 Å². The van der Waals surface area contributed by atoms with E-state index >= 15 is 0 Å². The van der Waals surface area contributed by atoms with E-state index in [1.54, 1.807) is 38.4 Å². The van der Waals surface area contributed by atoms with Gasteiger partial charge in [-0.2, -0.15) is 26.3 Å². The zero-order valence-corrected chi connectivity index (χ0v) is 42.5. The molecule has 376 valence electrons. The number of benzene rings is 3. The number of hydrogen-bond donors (Lipinski definition) is 2. The summed E-state index contributed by atoms with van der Waals surface area (Å²) in [6.07, 6.45) is -0.225. The van der Waals surface area contributed by atoms with Crippen LogP contribution in [0.1, 0.15) is 75.0 Å². The number of hydrogen-bond acceptors (Lipinski definition) is 11. The quantitative estimate of drug-likeness (QED) is 0.0822. The van der Waals surface area contributed by atoms with Crippen molar-refractivity contribution in [1.29, 1.82) is 0 Å². The lowest BCUT2D eigenvalue weighted by Gasteiger charge is -2.41. The first-order valence-electron chi connectivity index (χ1n) is 22.5. The summed E-state index contributed by atoms with van der Waals surface area (Å²) in [6, 6.07) is 16.4. The van der Waals surface area contributed by atoms with Crippen molar-refractivity contribution in [1.82, 2.24) is 24.7 Å². The third-order valence-electron chi connectivity index (χ3n) is 12.9. The standard InChI is InChI=1S/C47H55Cl2F6N7O4S3/c1-45(2)20-15-31(37(26-45)30-9-11-32(48)12-10-30)27-61-22-17-34(18-23-61)62-24-19-36-40(28-62)57-44(46(50,51)52)58-43(36)59-69(65,66)35-13-14-39(42(25-35)68(63,64)47(53,54)55)56-33(16-21-60(3)4)29-67-41-8-6-5-7-38(41)49/h5-14,25,33-34,56H,15-24,26-29H2,1-4H3,(H,57,58,59)/t33-/m1/s1. The zero-order chi connectivity index (χ0) is 50.1. The Labute approximate surface area is 414 Å². The minimum atomic E-state index is -6.18. The SMILES string of the molecule is CN(C)CC[C@H](CSc1ccccc1Cl)Nc1ccc(S(=O)(=O)Nc2nc(C(F)(F)F)nc3c2CCN(C2CCN(CC4=C(c5ccc(Cl)cc5)CC(C)(C)CC4)CC2)C3)cc1S(=O)(=O)C(F)(F)F. The Kier molecular flexibility index (Phi) is 16.4. The second-order valence-electron chi connectivity index (χ2n) is 18.9. The van der Waals surface area contributed by atoms with Crippen molar-refractivity contribution in [3.63, 3.8) is 0 Å². The van der Waals surface area contributed by atoms with Gasteiger partial charge >= 0.3 is 11.7 Å². The molecule has 0 radical (unpaired) electrons. The molecule has 1 fully saturated rings. The van der Waals surface area contributed by atoms with Crippen molar-refractivity contribution in [3.05, 3.63) is 105 Å². The number of sulfonamides is 1. The van der Waals surface area contributed by atoms with Crippen LogP contribution in [0, 0.1) is 5.41 Å². The molecule has 3 aliphatic rings. The lowest BCUT2D eigenvalue weighted by atomic mass is 9.72. The summed E-state index contributed by atoms with van der Waals surface area (Å²) in [5.41, 5.74) is -2.24. The van der Waals surface area contributed by atoms with Gasteiger partial charge in [-0.25, -0.2) is 26.8 Å². The van der Waals surface area contributed by atoms with Gasteiger partial charge in [0.2, 0.25) is 5.82 Å². The molecule has 69 heavy (non-hydrogen) atoms. The predicted octanol–water partition coefficient (Wildman–Crippen LogP) is 10.9. The van der Waals surface area contributed by atoms with E-state index in [1.165, 1.54) is 22.9 Å². The summed E-state index contributed by atoms with van der Waals surface area (Å²) in [4.78, 5) is 12.1. The van der Waals surface area contributed by atoms with Gasteiger partial charge in [-0.3, -0.25) is 14.5 Å². The van der Waals surface area contributed by atoms with E-state index in [4.69, 9.17) is 23.2 Å². The number of fused-ring (bicyclic) bond motifs is 1. The molecule has 0 saturated carbocycles. The number of halogens is 8. The number of piperidine rings is 1. The number of rotatable bonds is 16. The number of anilines is 2. The zero-order valence-electron chi connectivity index (χ0n) is 38.5. The number of alkyl halides is 6. The van der Waals surface area contributed by atoms with Gasteiger partial charge in [0, 0.05) is 53.0 Å². The molecule has 1 aromatic heterocycles. The smallest absolute Gasteiger partial charge is 0.380 e. The fraction of sp³-hybridized carbons (Fsp3) is 0.489. The molecule has 0 amide bonds. The minimum absolute atomic E-state index is 0.00666. The van der Waals surface area contributed by atoms with Crippen LogP contribution in [0.5, 0.6) is 0 Å². The van der Waals surface area contributed by atoms with E-state index in [2.05, 4.69) is 50.9 Å². The number of nitrogens with one attached hydrogen (secondary N) is 2. The first kappa shape index (κ1) is 53.2. The number of sulfone groups is 1. The maximum Gasteiger partial charge on any atom is 0.501 e. The number of likely N-dealkylation sites (tertiary alicyclic amines) is 1. The maximum absolute atomic E-state index is 14.4. The van der Waals surface area contributed by atoms with E-state index in [-0.39, 0.29) is 41.4 Å². The van der Waals surface area contributed by atoms with E-state index in [9.17, 15) is 43.2 Å². The van der Waals surface area contributed by atoms with Crippen molar-refractivity contribution in [2.45, 2.75) is 104 Å². The summed E-state index contributed by atoms with van der Waals surface area (Å²) < 4.78 is 142. The van der Waals surface area contributed by atoms with Crippen LogP contribution < -0.4 is 10.0 Å². The Hall–Kier alpha value is -3.63. The number of aromatic nitrogens is 2. The summed E-state index contributed by atoms with van der Waals surface area (Å²) in [6.45, 7) is 7.65. The largest absolute Gasteiger partial charge is 0.501 e. The van der Waals surface area contributed by atoms with Crippen LogP contribution in [-0.2, 0) is 39.0 Å². The second-order valence-corrected chi connectivity index (χ2v) is 24.4. The Morgan fingerprint density at radius 1 is 0.913 bits per heavy atom. The number of allylic oxidation sites excluding steroid dienone is 1. The van der Waals surface area contributed by atoms with Crippen molar-refractivity contribution >= 4 is 71.9 Å². The van der Waals surface area contributed by atoms with Gasteiger partial charge in [0.1, 0.15) is 10.7 Å². The van der Waals surface area contributed by atoms with Crippen molar-refractivity contribution in [2.75, 3.05) is 62.6 Å².